The van der Waals surface area contributed by atoms with Crippen LogP contribution in [0, 0.1) is 12.8 Å². The second-order valence-corrected chi connectivity index (χ2v) is 5.77. The van der Waals surface area contributed by atoms with Gasteiger partial charge >= 0.3 is 12.0 Å². The molecule has 0 aliphatic heterocycles. The summed E-state index contributed by atoms with van der Waals surface area (Å²) in [6.45, 7) is 3.92. The Morgan fingerprint density at radius 1 is 1.24 bits per heavy atom. The van der Waals surface area contributed by atoms with Gasteiger partial charge in [-0.1, -0.05) is 31.9 Å². The number of urea groups is 1. The number of aryl methyl sites for hydroxylation is 1. The summed E-state index contributed by atoms with van der Waals surface area (Å²) < 4.78 is 0. The Kier molecular flexibility index (Phi) is 4.83. The van der Waals surface area contributed by atoms with E-state index in [-0.39, 0.29) is 17.6 Å². The van der Waals surface area contributed by atoms with Crippen molar-refractivity contribution in [2.24, 2.45) is 5.92 Å². The fraction of sp³-hybridized carbons (Fsp3) is 0.500. The van der Waals surface area contributed by atoms with E-state index in [2.05, 4.69) is 17.6 Å². The second kappa shape index (κ2) is 6.61. The molecular formula is C16H22N2O3. The number of anilines is 1. The van der Waals surface area contributed by atoms with E-state index in [1.54, 1.807) is 19.1 Å². The third-order valence-electron chi connectivity index (χ3n) is 4.17. The highest BCUT2D eigenvalue weighted by molar-refractivity contribution is 6.01. The van der Waals surface area contributed by atoms with Crippen LogP contribution in [0.1, 0.15) is 48.5 Å². The average Bonchev–Trinajstić information content (AvgIpc) is 2.43. The summed E-state index contributed by atoms with van der Waals surface area (Å²) in [6.07, 6.45) is 4.44. The minimum Gasteiger partial charge on any atom is -0.478 e. The van der Waals surface area contributed by atoms with Gasteiger partial charge in [-0.15, -0.1) is 0 Å². The highest BCUT2D eigenvalue weighted by Crippen LogP contribution is 2.24. The monoisotopic (exact) mass is 290 g/mol. The van der Waals surface area contributed by atoms with Crippen molar-refractivity contribution >= 4 is 17.7 Å². The van der Waals surface area contributed by atoms with E-state index in [1.165, 1.54) is 12.5 Å². The predicted molar refractivity (Wildman–Crippen MR) is 81.7 cm³/mol. The molecule has 5 heteroatoms. The zero-order chi connectivity index (χ0) is 15.4. The Bertz CT molecular complexity index is 542. The van der Waals surface area contributed by atoms with Crippen molar-refractivity contribution in [1.82, 2.24) is 5.32 Å². The molecule has 0 aromatic heterocycles. The maximum atomic E-state index is 12.1. The van der Waals surface area contributed by atoms with Gasteiger partial charge < -0.3 is 15.7 Å². The smallest absolute Gasteiger partial charge is 0.337 e. The lowest BCUT2D eigenvalue weighted by Gasteiger charge is -2.29. The first-order valence-corrected chi connectivity index (χ1v) is 7.39. The number of aromatic carboxylic acids is 1. The maximum Gasteiger partial charge on any atom is 0.337 e. The number of nitrogens with one attached hydrogen (secondary N) is 2. The number of para-hydroxylation sites is 1. The van der Waals surface area contributed by atoms with E-state index in [0.717, 1.165) is 24.8 Å². The van der Waals surface area contributed by atoms with Gasteiger partial charge in [-0.2, -0.15) is 0 Å². The molecule has 0 radical (unpaired) electrons. The quantitative estimate of drug-likeness (QED) is 0.798. The second-order valence-electron chi connectivity index (χ2n) is 5.77. The van der Waals surface area contributed by atoms with Gasteiger partial charge in [0.1, 0.15) is 0 Å². The first-order chi connectivity index (χ1) is 9.99. The summed E-state index contributed by atoms with van der Waals surface area (Å²) in [7, 11) is 0. The van der Waals surface area contributed by atoms with E-state index in [1.807, 2.05) is 0 Å². The molecule has 1 aliphatic rings. The minimum atomic E-state index is -1.04. The number of carbonyl (C=O) groups excluding carboxylic acids is 1. The van der Waals surface area contributed by atoms with Crippen molar-refractivity contribution in [2.75, 3.05) is 5.32 Å². The molecule has 0 bridgehead atoms. The van der Waals surface area contributed by atoms with Gasteiger partial charge in [-0.05, 0) is 37.3 Å². The molecule has 3 N–H and O–H groups in total. The number of amides is 2. The Labute approximate surface area is 124 Å². The highest BCUT2D eigenvalue weighted by atomic mass is 16.4. The van der Waals surface area contributed by atoms with Gasteiger partial charge in [-0.3, -0.25) is 0 Å². The van der Waals surface area contributed by atoms with Gasteiger partial charge in [0.2, 0.25) is 0 Å². The Morgan fingerprint density at radius 2 is 1.95 bits per heavy atom. The number of hydrogen-bond acceptors (Lipinski definition) is 2. The van der Waals surface area contributed by atoms with Crippen LogP contribution in [0.2, 0.25) is 0 Å². The van der Waals surface area contributed by atoms with Crippen LogP contribution < -0.4 is 10.6 Å². The van der Waals surface area contributed by atoms with Crippen molar-refractivity contribution in [1.29, 1.82) is 0 Å². The van der Waals surface area contributed by atoms with Crippen LogP contribution in [0.5, 0.6) is 0 Å². The van der Waals surface area contributed by atoms with E-state index in [4.69, 9.17) is 0 Å². The first-order valence-electron chi connectivity index (χ1n) is 7.39. The van der Waals surface area contributed by atoms with Crippen molar-refractivity contribution in [3.05, 3.63) is 29.3 Å². The molecule has 0 spiro atoms. The zero-order valence-corrected chi connectivity index (χ0v) is 12.5. The Hall–Kier alpha value is -2.04. The molecule has 114 valence electrons. The van der Waals surface area contributed by atoms with Crippen LogP contribution in [0.3, 0.4) is 0 Å². The number of hydrogen-bond donors (Lipinski definition) is 3. The van der Waals surface area contributed by atoms with Gasteiger partial charge in [0, 0.05) is 6.04 Å². The summed E-state index contributed by atoms with van der Waals surface area (Å²) in [5.41, 5.74) is 1.22. The lowest BCUT2D eigenvalue weighted by atomic mass is 9.86. The molecule has 1 aromatic rings. The molecule has 2 amide bonds. The summed E-state index contributed by atoms with van der Waals surface area (Å²) >= 11 is 0. The minimum absolute atomic E-state index is 0.113. The fourth-order valence-corrected chi connectivity index (χ4v) is 2.86. The Balaban J connectivity index is 2.07. The van der Waals surface area contributed by atoms with Gasteiger partial charge in [0.05, 0.1) is 11.3 Å². The van der Waals surface area contributed by atoms with Crippen LogP contribution in [-0.2, 0) is 0 Å². The van der Waals surface area contributed by atoms with E-state index in [0.29, 0.717) is 11.6 Å². The first kappa shape index (κ1) is 15.4. The normalized spacial score (nSPS) is 21.6. The summed E-state index contributed by atoms with van der Waals surface area (Å²) in [6, 6.07) is 4.78. The molecule has 1 aliphatic carbocycles. The SMILES string of the molecule is Cc1cccc(C(=O)O)c1NC(=O)NC1CCCCC1C. The summed E-state index contributed by atoms with van der Waals surface area (Å²) in [4.78, 5) is 23.4. The Morgan fingerprint density at radius 3 is 2.62 bits per heavy atom. The third kappa shape index (κ3) is 3.74. The maximum absolute atomic E-state index is 12.1. The van der Waals surface area contributed by atoms with Crippen molar-refractivity contribution in [3.8, 4) is 0 Å². The lowest BCUT2D eigenvalue weighted by Crippen LogP contribution is -2.43. The standard InChI is InChI=1S/C16H22N2O3/c1-10-6-3-4-9-13(10)17-16(21)18-14-11(2)7-5-8-12(14)15(19)20/h5,7-8,10,13H,3-4,6,9H2,1-2H3,(H,19,20)(H2,17,18,21). The van der Waals surface area contributed by atoms with Crippen LogP contribution in [-0.4, -0.2) is 23.1 Å². The predicted octanol–water partition coefficient (Wildman–Crippen LogP) is 3.39. The number of rotatable bonds is 3. The molecule has 2 atom stereocenters. The van der Waals surface area contributed by atoms with E-state index >= 15 is 0 Å². The summed E-state index contributed by atoms with van der Waals surface area (Å²) in [5, 5.41) is 14.9. The molecule has 2 rings (SSSR count). The summed E-state index contributed by atoms with van der Waals surface area (Å²) in [5.74, 6) is -0.583. The van der Waals surface area contributed by atoms with Crippen molar-refractivity contribution < 1.29 is 14.7 Å². The third-order valence-corrected chi connectivity index (χ3v) is 4.17. The molecule has 1 fully saturated rings. The van der Waals surface area contributed by atoms with E-state index < -0.39 is 5.97 Å². The van der Waals surface area contributed by atoms with Crippen LogP contribution in [0.25, 0.3) is 0 Å². The number of carboxylic acid groups (broad SMARTS) is 1. The van der Waals surface area contributed by atoms with Crippen molar-refractivity contribution in [2.45, 2.75) is 45.6 Å². The fourth-order valence-electron chi connectivity index (χ4n) is 2.86. The molecule has 2 unspecified atom stereocenters. The number of benzene rings is 1. The van der Waals surface area contributed by atoms with Crippen LogP contribution in [0.15, 0.2) is 18.2 Å². The molecule has 1 aromatic carbocycles. The zero-order valence-electron chi connectivity index (χ0n) is 12.5. The van der Waals surface area contributed by atoms with Crippen LogP contribution >= 0.6 is 0 Å². The molecular weight excluding hydrogens is 268 g/mol. The van der Waals surface area contributed by atoms with Crippen molar-refractivity contribution in [3.63, 3.8) is 0 Å². The number of carboxylic acids is 1. The average molecular weight is 290 g/mol. The van der Waals surface area contributed by atoms with Gasteiger partial charge in [0.25, 0.3) is 0 Å². The molecule has 21 heavy (non-hydrogen) atoms. The molecule has 0 heterocycles. The lowest BCUT2D eigenvalue weighted by molar-refractivity contribution is 0.0698. The topological polar surface area (TPSA) is 78.4 Å². The van der Waals surface area contributed by atoms with E-state index in [9.17, 15) is 14.7 Å². The molecule has 0 saturated heterocycles. The molecule has 1 saturated carbocycles. The van der Waals surface area contributed by atoms with Gasteiger partial charge in [-0.25, -0.2) is 9.59 Å². The largest absolute Gasteiger partial charge is 0.478 e. The van der Waals surface area contributed by atoms with Gasteiger partial charge in [0.15, 0.2) is 0 Å². The number of carbonyl (C=O) groups is 2. The molecule has 5 nitrogen and oxygen atoms in total. The van der Waals surface area contributed by atoms with Crippen LogP contribution in [0.4, 0.5) is 10.5 Å². The highest BCUT2D eigenvalue weighted by Gasteiger charge is 2.23.